The molecule has 1 aromatic carbocycles. The van der Waals surface area contributed by atoms with Crippen LogP contribution in [0.15, 0.2) is 24.3 Å². The van der Waals surface area contributed by atoms with Gasteiger partial charge < -0.3 is 9.84 Å². The number of methoxy groups -OCH3 is 1. The predicted octanol–water partition coefficient (Wildman–Crippen LogP) is 1.66. The van der Waals surface area contributed by atoms with Gasteiger partial charge in [-0.2, -0.15) is 0 Å². The number of ether oxygens (including phenoxy) is 1. The van der Waals surface area contributed by atoms with Gasteiger partial charge in [-0.25, -0.2) is 4.39 Å². The normalized spacial score (nSPS) is 11.7. The van der Waals surface area contributed by atoms with E-state index < -0.39 is 35.9 Å². The molecule has 0 heterocycles. The first-order valence-corrected chi connectivity index (χ1v) is 5.52. The van der Waals surface area contributed by atoms with Crippen molar-refractivity contribution in [1.29, 1.82) is 0 Å². The van der Waals surface area contributed by atoms with Crippen LogP contribution in [-0.4, -0.2) is 29.9 Å². The summed E-state index contributed by atoms with van der Waals surface area (Å²) >= 11 is 0. The average molecular weight is 268 g/mol. The fourth-order valence-electron chi connectivity index (χ4n) is 1.63. The molecule has 0 radical (unpaired) electrons. The third-order valence-electron chi connectivity index (χ3n) is 2.54. The molecule has 5 nitrogen and oxygen atoms in total. The number of carbonyl (C=O) groups excluding carboxylic acids is 2. The van der Waals surface area contributed by atoms with Crippen LogP contribution in [0.4, 0.5) is 4.39 Å². The summed E-state index contributed by atoms with van der Waals surface area (Å²) in [5.74, 6) is -4.15. The van der Waals surface area contributed by atoms with Gasteiger partial charge in [0.1, 0.15) is 5.82 Å². The molecule has 0 amide bonds. The van der Waals surface area contributed by atoms with Crippen LogP contribution in [0, 0.1) is 11.7 Å². The van der Waals surface area contributed by atoms with Crippen LogP contribution in [0.5, 0.6) is 0 Å². The van der Waals surface area contributed by atoms with E-state index in [-0.39, 0.29) is 12.0 Å². The van der Waals surface area contributed by atoms with Crippen molar-refractivity contribution < 1.29 is 28.6 Å². The number of aliphatic carboxylic acids is 1. The molecular weight excluding hydrogens is 255 g/mol. The van der Waals surface area contributed by atoms with Gasteiger partial charge in [-0.05, 0) is 12.1 Å². The van der Waals surface area contributed by atoms with Crippen LogP contribution in [0.3, 0.4) is 0 Å². The average Bonchev–Trinajstić information content (AvgIpc) is 2.36. The van der Waals surface area contributed by atoms with E-state index >= 15 is 0 Å². The number of hydrogen-bond acceptors (Lipinski definition) is 4. The largest absolute Gasteiger partial charge is 0.481 e. The van der Waals surface area contributed by atoms with Crippen molar-refractivity contribution in [2.24, 2.45) is 5.92 Å². The molecule has 1 rings (SSSR count). The van der Waals surface area contributed by atoms with Gasteiger partial charge in [-0.3, -0.25) is 14.4 Å². The lowest BCUT2D eigenvalue weighted by atomic mass is 9.91. The molecule has 0 spiro atoms. The van der Waals surface area contributed by atoms with Gasteiger partial charge >= 0.3 is 11.9 Å². The molecule has 0 aliphatic carbocycles. The summed E-state index contributed by atoms with van der Waals surface area (Å²) in [5, 5.41) is 8.74. The maximum atomic E-state index is 13.0. The van der Waals surface area contributed by atoms with Crippen LogP contribution in [0.2, 0.25) is 0 Å². The van der Waals surface area contributed by atoms with Crippen LogP contribution < -0.4 is 0 Å². The minimum atomic E-state index is -1.21. The zero-order chi connectivity index (χ0) is 14.4. The molecule has 1 unspecified atom stereocenters. The summed E-state index contributed by atoms with van der Waals surface area (Å²) in [7, 11) is 1.15. The van der Waals surface area contributed by atoms with Crippen molar-refractivity contribution >= 4 is 17.7 Å². The van der Waals surface area contributed by atoms with E-state index in [2.05, 4.69) is 4.74 Å². The van der Waals surface area contributed by atoms with E-state index in [9.17, 15) is 18.8 Å². The number of halogens is 1. The molecule has 1 aromatic rings. The van der Waals surface area contributed by atoms with Gasteiger partial charge in [0, 0.05) is 11.5 Å². The molecule has 0 saturated carbocycles. The second-order valence-corrected chi connectivity index (χ2v) is 3.95. The van der Waals surface area contributed by atoms with Crippen molar-refractivity contribution in [2.75, 3.05) is 7.11 Å². The summed E-state index contributed by atoms with van der Waals surface area (Å²) in [5.41, 5.74) is 0.0372. The molecule has 0 aromatic heterocycles. The van der Waals surface area contributed by atoms with E-state index in [0.717, 1.165) is 13.2 Å². The quantitative estimate of drug-likeness (QED) is 0.627. The van der Waals surface area contributed by atoms with E-state index in [4.69, 9.17) is 5.11 Å². The second-order valence-electron chi connectivity index (χ2n) is 3.95. The fourth-order valence-corrected chi connectivity index (χ4v) is 1.63. The molecule has 0 saturated heterocycles. The number of hydrogen-bond donors (Lipinski definition) is 1. The molecule has 0 fully saturated rings. The minimum Gasteiger partial charge on any atom is -0.481 e. The Morgan fingerprint density at radius 1 is 1.32 bits per heavy atom. The smallest absolute Gasteiger partial charge is 0.306 e. The zero-order valence-electron chi connectivity index (χ0n) is 10.3. The third kappa shape index (κ3) is 4.50. The SMILES string of the molecule is COC(=O)CC(CC(=O)O)C(=O)c1cccc(F)c1. The highest BCUT2D eigenvalue weighted by Gasteiger charge is 2.26. The Balaban J connectivity index is 2.93. The van der Waals surface area contributed by atoms with E-state index in [1.54, 1.807) is 0 Å². The highest BCUT2D eigenvalue weighted by atomic mass is 19.1. The Kier molecular flexibility index (Phi) is 5.17. The first-order valence-electron chi connectivity index (χ1n) is 5.52. The molecule has 0 aliphatic rings. The van der Waals surface area contributed by atoms with Gasteiger partial charge in [0.15, 0.2) is 5.78 Å². The highest BCUT2D eigenvalue weighted by Crippen LogP contribution is 2.18. The molecule has 1 N–H and O–H groups in total. The Bertz CT molecular complexity index is 498. The van der Waals surface area contributed by atoms with E-state index in [1.807, 2.05) is 0 Å². The number of Topliss-reactive ketones (excluding diaryl/α,β-unsaturated/α-hetero) is 1. The summed E-state index contributed by atoms with van der Waals surface area (Å²) in [6, 6.07) is 4.90. The van der Waals surface area contributed by atoms with Gasteiger partial charge in [0.25, 0.3) is 0 Å². The third-order valence-corrected chi connectivity index (χ3v) is 2.54. The van der Waals surface area contributed by atoms with Gasteiger partial charge in [-0.1, -0.05) is 12.1 Å². The summed E-state index contributed by atoms with van der Waals surface area (Å²) in [6.07, 6.45) is -0.859. The highest BCUT2D eigenvalue weighted by molar-refractivity contribution is 6.00. The van der Waals surface area contributed by atoms with Crippen molar-refractivity contribution in [2.45, 2.75) is 12.8 Å². The van der Waals surface area contributed by atoms with Crippen LogP contribution in [0.25, 0.3) is 0 Å². The Morgan fingerprint density at radius 2 is 2.00 bits per heavy atom. The zero-order valence-corrected chi connectivity index (χ0v) is 10.3. The summed E-state index contributed by atoms with van der Waals surface area (Å²) in [4.78, 5) is 33.9. The Morgan fingerprint density at radius 3 is 2.53 bits per heavy atom. The number of carbonyl (C=O) groups is 3. The van der Waals surface area contributed by atoms with E-state index in [1.165, 1.54) is 18.2 Å². The second kappa shape index (κ2) is 6.63. The standard InChI is InChI=1S/C13H13FO5/c1-19-12(17)7-9(6-11(15)16)13(18)8-3-2-4-10(14)5-8/h2-5,9H,6-7H2,1H3,(H,15,16). The lowest BCUT2D eigenvalue weighted by Gasteiger charge is -2.12. The molecule has 6 heteroatoms. The maximum Gasteiger partial charge on any atom is 0.306 e. The van der Waals surface area contributed by atoms with Gasteiger partial charge in [0.2, 0.25) is 0 Å². The Labute approximate surface area is 109 Å². The molecule has 102 valence electrons. The number of carboxylic acids is 1. The molecule has 0 aliphatic heterocycles. The maximum absolute atomic E-state index is 13.0. The number of ketones is 1. The van der Waals surface area contributed by atoms with Crippen molar-refractivity contribution in [3.63, 3.8) is 0 Å². The minimum absolute atomic E-state index is 0.0372. The molecule has 0 bridgehead atoms. The number of benzene rings is 1. The number of esters is 1. The first kappa shape index (κ1) is 14.8. The lowest BCUT2D eigenvalue weighted by molar-refractivity contribution is -0.142. The summed E-state index contributed by atoms with van der Waals surface area (Å²) < 4.78 is 17.4. The number of rotatable bonds is 6. The lowest BCUT2D eigenvalue weighted by Crippen LogP contribution is -2.22. The van der Waals surface area contributed by atoms with Crippen molar-refractivity contribution in [3.8, 4) is 0 Å². The monoisotopic (exact) mass is 268 g/mol. The molecule has 1 atom stereocenters. The number of carboxylic acid groups (broad SMARTS) is 1. The van der Waals surface area contributed by atoms with Crippen molar-refractivity contribution in [3.05, 3.63) is 35.6 Å². The molecular formula is C13H13FO5. The Hall–Kier alpha value is -2.24. The fraction of sp³-hybridized carbons (Fsp3) is 0.308. The topological polar surface area (TPSA) is 80.7 Å². The van der Waals surface area contributed by atoms with Crippen LogP contribution in [0.1, 0.15) is 23.2 Å². The van der Waals surface area contributed by atoms with Crippen molar-refractivity contribution in [1.82, 2.24) is 0 Å². The van der Waals surface area contributed by atoms with Crippen LogP contribution >= 0.6 is 0 Å². The summed E-state index contributed by atoms with van der Waals surface area (Å²) in [6.45, 7) is 0. The van der Waals surface area contributed by atoms with Gasteiger partial charge in [-0.15, -0.1) is 0 Å². The first-order chi connectivity index (χ1) is 8.93. The van der Waals surface area contributed by atoms with E-state index in [0.29, 0.717) is 0 Å². The van der Waals surface area contributed by atoms with Gasteiger partial charge in [0.05, 0.1) is 20.0 Å². The van der Waals surface area contributed by atoms with Crippen LogP contribution in [-0.2, 0) is 14.3 Å². The predicted molar refractivity (Wildman–Crippen MR) is 63.1 cm³/mol. The molecule has 19 heavy (non-hydrogen) atoms.